The fourth-order valence-electron chi connectivity index (χ4n) is 1.79. The van der Waals surface area contributed by atoms with E-state index in [1.54, 1.807) is 28.9 Å². The van der Waals surface area contributed by atoms with Crippen LogP contribution in [0.1, 0.15) is 54.9 Å². The van der Waals surface area contributed by atoms with Gasteiger partial charge in [-0.05, 0) is 6.42 Å². The molecule has 7 heteroatoms. The third-order valence-electron chi connectivity index (χ3n) is 2.96. The van der Waals surface area contributed by atoms with Crippen LogP contribution in [0.2, 0.25) is 0 Å². The highest BCUT2D eigenvalue weighted by atomic mass is 32.1. The largest absolute Gasteiger partial charge is 0.332 e. The molecule has 2 N–H and O–H groups in total. The van der Waals surface area contributed by atoms with Crippen molar-refractivity contribution in [3.63, 3.8) is 0 Å². The van der Waals surface area contributed by atoms with Crippen LogP contribution in [0.4, 0.5) is 4.79 Å². The Labute approximate surface area is 132 Å². The van der Waals surface area contributed by atoms with Gasteiger partial charge in [0.1, 0.15) is 5.01 Å². The number of nitrogens with one attached hydrogen (secondary N) is 2. The van der Waals surface area contributed by atoms with Crippen LogP contribution in [0.15, 0.2) is 17.0 Å². The number of rotatable bonds is 6. The van der Waals surface area contributed by atoms with E-state index < -0.39 is 0 Å². The minimum absolute atomic E-state index is 0.0355. The molecule has 2 aromatic heterocycles. The maximum absolute atomic E-state index is 12.0. The molecule has 2 heterocycles. The fraction of sp³-hybridized carbons (Fsp3) is 0.500. The molecule has 0 radical (unpaired) electrons. The summed E-state index contributed by atoms with van der Waals surface area (Å²) in [5.74, 6) is 0.423. The van der Waals surface area contributed by atoms with Crippen molar-refractivity contribution >= 4 is 28.7 Å². The van der Waals surface area contributed by atoms with E-state index in [1.165, 1.54) is 0 Å². The second-order valence-corrected chi connectivity index (χ2v) is 6.81. The molecular weight excluding hydrogens is 304 g/mol. The van der Waals surface area contributed by atoms with Gasteiger partial charge in [-0.3, -0.25) is 0 Å². The lowest BCUT2D eigenvalue weighted by atomic mass is 10.2. The van der Waals surface area contributed by atoms with Crippen molar-refractivity contribution < 1.29 is 4.79 Å². The zero-order valence-corrected chi connectivity index (χ0v) is 14.1. The summed E-state index contributed by atoms with van der Waals surface area (Å²) in [6.45, 7) is 6.70. The Kier molecular flexibility index (Phi) is 5.69. The Bertz CT molecular complexity index is 565. The van der Waals surface area contributed by atoms with E-state index in [0.717, 1.165) is 22.1 Å². The number of amides is 2. The molecule has 2 aromatic rings. The first kappa shape index (κ1) is 15.9. The Morgan fingerprint density at radius 3 is 2.71 bits per heavy atom. The first-order chi connectivity index (χ1) is 10.1. The zero-order chi connectivity index (χ0) is 15.2. The number of hydrogen-bond acceptors (Lipinski definition) is 5. The van der Waals surface area contributed by atoms with Crippen LogP contribution in [0, 0.1) is 0 Å². The molecule has 0 bridgehead atoms. The van der Waals surface area contributed by atoms with E-state index in [9.17, 15) is 4.79 Å². The van der Waals surface area contributed by atoms with Crippen LogP contribution < -0.4 is 10.6 Å². The number of urea groups is 1. The second-order valence-electron chi connectivity index (χ2n) is 4.99. The van der Waals surface area contributed by atoms with Gasteiger partial charge in [-0.25, -0.2) is 14.8 Å². The lowest BCUT2D eigenvalue weighted by Crippen LogP contribution is -2.37. The summed E-state index contributed by atoms with van der Waals surface area (Å²) in [4.78, 5) is 20.7. The first-order valence-corrected chi connectivity index (χ1v) is 8.74. The molecule has 0 fully saturated rings. The molecule has 5 nitrogen and oxygen atoms in total. The third kappa shape index (κ3) is 4.50. The second kappa shape index (κ2) is 7.51. The third-order valence-corrected chi connectivity index (χ3v) is 5.04. The standard InChI is InChI=1S/C14H20N4OS2/c1-4-11(13-15-5-6-20-13)18-14(19)16-7-10-8-21-12(17-10)9(2)3/h5-6,8-9,11H,4,7H2,1-3H3,(H2,16,18,19)/t11-/m0/s1. The van der Waals surface area contributed by atoms with E-state index in [1.807, 2.05) is 17.7 Å². The average molecular weight is 324 g/mol. The topological polar surface area (TPSA) is 66.9 Å². The molecule has 0 aliphatic carbocycles. The van der Waals surface area contributed by atoms with E-state index in [-0.39, 0.29) is 12.1 Å². The Balaban J connectivity index is 1.83. The van der Waals surface area contributed by atoms with Crippen LogP contribution >= 0.6 is 22.7 Å². The quantitative estimate of drug-likeness (QED) is 0.852. The van der Waals surface area contributed by atoms with Gasteiger partial charge in [-0.2, -0.15) is 0 Å². The molecule has 0 aromatic carbocycles. The number of hydrogen-bond donors (Lipinski definition) is 2. The summed E-state index contributed by atoms with van der Waals surface area (Å²) >= 11 is 3.19. The molecule has 0 spiro atoms. The van der Waals surface area contributed by atoms with Crippen LogP contribution in [0.3, 0.4) is 0 Å². The van der Waals surface area contributed by atoms with Gasteiger partial charge in [0.15, 0.2) is 0 Å². The van der Waals surface area contributed by atoms with Crippen molar-refractivity contribution in [3.05, 3.63) is 32.7 Å². The summed E-state index contributed by atoms with van der Waals surface area (Å²) < 4.78 is 0. The summed E-state index contributed by atoms with van der Waals surface area (Å²) in [6, 6.07) is -0.220. The van der Waals surface area contributed by atoms with Crippen LogP contribution in [0.25, 0.3) is 0 Å². The highest BCUT2D eigenvalue weighted by Crippen LogP contribution is 2.20. The van der Waals surface area contributed by atoms with E-state index >= 15 is 0 Å². The lowest BCUT2D eigenvalue weighted by molar-refractivity contribution is 0.236. The normalized spacial score (nSPS) is 12.4. The van der Waals surface area contributed by atoms with Crippen LogP contribution in [-0.4, -0.2) is 16.0 Å². The molecule has 0 aliphatic rings. The smallest absolute Gasteiger partial charge is 0.315 e. The number of thiazole rings is 2. The number of aromatic nitrogens is 2. The summed E-state index contributed by atoms with van der Waals surface area (Å²) in [5, 5.41) is 11.7. The zero-order valence-electron chi connectivity index (χ0n) is 12.4. The summed E-state index contributed by atoms with van der Waals surface area (Å²) in [6.07, 6.45) is 2.57. The number of carbonyl (C=O) groups is 1. The minimum Gasteiger partial charge on any atom is -0.332 e. The highest BCUT2D eigenvalue weighted by Gasteiger charge is 2.15. The Morgan fingerprint density at radius 1 is 1.33 bits per heavy atom. The number of nitrogens with zero attached hydrogens (tertiary/aromatic N) is 2. The molecule has 0 unspecified atom stereocenters. The van der Waals surface area contributed by atoms with E-state index in [4.69, 9.17) is 0 Å². The molecule has 1 atom stereocenters. The van der Waals surface area contributed by atoms with Gasteiger partial charge >= 0.3 is 6.03 Å². The van der Waals surface area contributed by atoms with E-state index in [0.29, 0.717) is 12.5 Å². The van der Waals surface area contributed by atoms with Gasteiger partial charge in [-0.1, -0.05) is 20.8 Å². The Hall–Kier alpha value is -1.47. The van der Waals surface area contributed by atoms with Gasteiger partial charge < -0.3 is 10.6 Å². The summed E-state index contributed by atoms with van der Waals surface area (Å²) in [7, 11) is 0. The predicted molar refractivity (Wildman–Crippen MR) is 86.7 cm³/mol. The van der Waals surface area contributed by atoms with Crippen molar-refractivity contribution in [1.82, 2.24) is 20.6 Å². The molecule has 2 amide bonds. The van der Waals surface area contributed by atoms with Crippen molar-refractivity contribution in [2.75, 3.05) is 0 Å². The average Bonchev–Trinajstić information content (AvgIpc) is 3.13. The minimum atomic E-state index is -0.184. The van der Waals surface area contributed by atoms with Crippen molar-refractivity contribution in [1.29, 1.82) is 0 Å². The fourth-order valence-corrected chi connectivity index (χ4v) is 3.40. The molecule has 21 heavy (non-hydrogen) atoms. The lowest BCUT2D eigenvalue weighted by Gasteiger charge is -2.14. The first-order valence-electron chi connectivity index (χ1n) is 6.98. The van der Waals surface area contributed by atoms with Gasteiger partial charge in [0.25, 0.3) is 0 Å². The molecule has 0 aliphatic heterocycles. The number of carbonyl (C=O) groups excluding carboxylic acids is 1. The van der Waals surface area contributed by atoms with Crippen molar-refractivity contribution in [2.24, 2.45) is 0 Å². The van der Waals surface area contributed by atoms with Gasteiger partial charge in [-0.15, -0.1) is 22.7 Å². The maximum Gasteiger partial charge on any atom is 0.315 e. The molecular formula is C14H20N4OS2. The van der Waals surface area contributed by atoms with Crippen molar-refractivity contribution in [3.8, 4) is 0 Å². The molecule has 0 saturated carbocycles. The molecule has 114 valence electrons. The van der Waals surface area contributed by atoms with Crippen molar-refractivity contribution in [2.45, 2.75) is 45.7 Å². The Morgan fingerprint density at radius 2 is 2.14 bits per heavy atom. The van der Waals surface area contributed by atoms with Gasteiger partial charge in [0.05, 0.1) is 23.3 Å². The van der Waals surface area contributed by atoms with E-state index in [2.05, 4.69) is 34.4 Å². The van der Waals surface area contributed by atoms with Crippen LogP contribution in [0.5, 0.6) is 0 Å². The predicted octanol–water partition coefficient (Wildman–Crippen LogP) is 3.67. The summed E-state index contributed by atoms with van der Waals surface area (Å²) in [5.41, 5.74) is 0.904. The van der Waals surface area contributed by atoms with Gasteiger partial charge in [0.2, 0.25) is 0 Å². The SMILES string of the molecule is CC[C@H](NC(=O)NCc1csc(C(C)C)n1)c1nccs1. The molecule has 2 rings (SSSR count). The highest BCUT2D eigenvalue weighted by molar-refractivity contribution is 7.10. The monoisotopic (exact) mass is 324 g/mol. The van der Waals surface area contributed by atoms with Crippen LogP contribution in [-0.2, 0) is 6.54 Å². The van der Waals surface area contributed by atoms with Gasteiger partial charge in [0, 0.05) is 22.9 Å². The maximum atomic E-state index is 12.0. The molecule has 0 saturated heterocycles.